The molecule has 0 aliphatic rings. The lowest BCUT2D eigenvalue weighted by atomic mass is 10.3. The van der Waals surface area contributed by atoms with E-state index in [2.05, 4.69) is 53.1 Å². The van der Waals surface area contributed by atoms with E-state index in [0.29, 0.717) is 12.1 Å². The van der Waals surface area contributed by atoms with Crippen molar-refractivity contribution in [2.75, 3.05) is 5.32 Å². The van der Waals surface area contributed by atoms with Gasteiger partial charge in [-0.25, -0.2) is 0 Å². The van der Waals surface area contributed by atoms with Gasteiger partial charge in [-0.3, -0.25) is 4.79 Å². The van der Waals surface area contributed by atoms with Gasteiger partial charge in [0.1, 0.15) is 0 Å². The van der Waals surface area contributed by atoms with Crippen molar-refractivity contribution in [3.8, 4) is 0 Å². The monoisotopic (exact) mass is 466 g/mol. The number of hydrogen-bond donors (Lipinski definition) is 2. The molecule has 1 aromatic heterocycles. The van der Waals surface area contributed by atoms with Gasteiger partial charge in [0, 0.05) is 30.2 Å². The van der Waals surface area contributed by atoms with Crippen molar-refractivity contribution in [1.29, 1.82) is 0 Å². The molecule has 1 amide bonds. The molecule has 3 N–H and O–H groups in total. The van der Waals surface area contributed by atoms with Crippen LogP contribution in [-0.2, 0) is 6.54 Å². The maximum absolute atomic E-state index is 11.0. The fourth-order valence-corrected chi connectivity index (χ4v) is 4.84. The number of anilines is 1. The number of benzene rings is 1. The van der Waals surface area contributed by atoms with Crippen molar-refractivity contribution in [1.82, 2.24) is 0 Å². The van der Waals surface area contributed by atoms with Crippen LogP contribution in [0.15, 0.2) is 37.0 Å². The zero-order valence-corrected chi connectivity index (χ0v) is 15.1. The molecule has 2 aromatic rings. The molecular weight excluding hydrogens is 460 g/mol. The van der Waals surface area contributed by atoms with Crippen molar-refractivity contribution in [3.63, 3.8) is 0 Å². The van der Waals surface area contributed by atoms with E-state index in [-0.39, 0.29) is 0 Å². The third-order valence-electron chi connectivity index (χ3n) is 2.38. The molecule has 1 aromatic carbocycles. The maximum Gasteiger partial charge on any atom is 0.249 e. The average Bonchev–Trinajstić information content (AvgIpc) is 2.76. The van der Waals surface area contributed by atoms with E-state index >= 15 is 0 Å². The van der Waals surface area contributed by atoms with Crippen molar-refractivity contribution < 1.29 is 4.79 Å². The van der Waals surface area contributed by atoms with Gasteiger partial charge in [0.25, 0.3) is 0 Å². The van der Waals surface area contributed by atoms with E-state index in [1.54, 1.807) is 11.4 Å². The zero-order chi connectivity index (χ0) is 14.0. The molecule has 0 bridgehead atoms. The minimum Gasteiger partial charge on any atom is -0.378 e. The first-order valence-electron chi connectivity index (χ1n) is 5.23. The quantitative estimate of drug-likeness (QED) is 0.680. The van der Waals surface area contributed by atoms with E-state index in [4.69, 9.17) is 5.73 Å². The number of hydrogen-bond acceptors (Lipinski definition) is 3. The number of carbonyl (C=O) groups excluding carboxylic acids is 1. The number of nitrogens with two attached hydrogens (primary N) is 1. The van der Waals surface area contributed by atoms with Gasteiger partial charge in [-0.05, 0) is 50.1 Å². The summed E-state index contributed by atoms with van der Waals surface area (Å²) in [4.78, 5) is 12.1. The Morgan fingerprint density at radius 1 is 1.21 bits per heavy atom. The lowest BCUT2D eigenvalue weighted by molar-refractivity contribution is 0.100. The van der Waals surface area contributed by atoms with Gasteiger partial charge < -0.3 is 11.1 Å². The molecule has 0 saturated heterocycles. The molecule has 19 heavy (non-hydrogen) atoms. The molecule has 3 nitrogen and oxygen atoms in total. The number of halogens is 3. The highest BCUT2D eigenvalue weighted by atomic mass is 79.9. The fourth-order valence-electron chi connectivity index (χ4n) is 1.49. The minimum absolute atomic E-state index is 0.395. The van der Waals surface area contributed by atoms with Gasteiger partial charge >= 0.3 is 0 Å². The highest BCUT2D eigenvalue weighted by molar-refractivity contribution is 9.11. The molecule has 0 fully saturated rings. The molecule has 0 spiro atoms. The first-order valence-corrected chi connectivity index (χ1v) is 8.49. The van der Waals surface area contributed by atoms with Crippen LogP contribution in [0.1, 0.15) is 15.2 Å². The average molecular weight is 469 g/mol. The maximum atomic E-state index is 11.0. The summed E-state index contributed by atoms with van der Waals surface area (Å²) >= 11 is 11.9. The van der Waals surface area contributed by atoms with Crippen LogP contribution < -0.4 is 11.1 Å². The van der Waals surface area contributed by atoms with Crippen LogP contribution in [0.25, 0.3) is 0 Å². The second kappa shape index (κ2) is 6.39. The molecule has 7 heteroatoms. The van der Waals surface area contributed by atoms with Crippen LogP contribution in [0, 0.1) is 0 Å². The summed E-state index contributed by atoms with van der Waals surface area (Å²) in [7, 11) is 0. The van der Waals surface area contributed by atoms with E-state index in [1.165, 1.54) is 11.3 Å². The first-order chi connectivity index (χ1) is 8.97. The number of nitrogens with one attached hydrogen (secondary N) is 1. The smallest absolute Gasteiger partial charge is 0.249 e. The normalized spacial score (nSPS) is 10.5. The molecular formula is C12H9Br3N2OS. The highest BCUT2D eigenvalue weighted by Crippen LogP contribution is 2.34. The van der Waals surface area contributed by atoms with Gasteiger partial charge in [-0.2, -0.15) is 0 Å². The van der Waals surface area contributed by atoms with Crippen LogP contribution in [0.4, 0.5) is 5.69 Å². The topological polar surface area (TPSA) is 55.1 Å². The molecule has 0 saturated carbocycles. The van der Waals surface area contributed by atoms with Crippen LogP contribution in [0.3, 0.4) is 0 Å². The number of amides is 1. The molecule has 100 valence electrons. The second-order valence-corrected chi connectivity index (χ2v) is 7.38. The Labute approximate surface area is 140 Å². The molecule has 2 rings (SSSR count). The second-order valence-electron chi connectivity index (χ2n) is 3.76. The minimum atomic E-state index is -0.395. The Kier molecular flexibility index (Phi) is 5.05. The van der Waals surface area contributed by atoms with E-state index in [9.17, 15) is 4.79 Å². The molecule has 0 radical (unpaired) electrons. The van der Waals surface area contributed by atoms with Crippen LogP contribution in [-0.4, -0.2) is 5.91 Å². The van der Waals surface area contributed by atoms with Gasteiger partial charge in [-0.1, -0.05) is 15.9 Å². The number of carbonyl (C=O) groups is 1. The van der Waals surface area contributed by atoms with Gasteiger partial charge in [0.15, 0.2) is 0 Å². The Morgan fingerprint density at radius 3 is 2.37 bits per heavy atom. The highest BCUT2D eigenvalue weighted by Gasteiger charge is 2.08. The van der Waals surface area contributed by atoms with E-state index in [0.717, 1.165) is 24.0 Å². The molecule has 1 heterocycles. The van der Waals surface area contributed by atoms with Gasteiger partial charge in [0.05, 0.1) is 11.3 Å². The molecule has 0 aliphatic carbocycles. The summed E-state index contributed by atoms with van der Waals surface area (Å²) < 4.78 is 2.91. The Hall–Kier alpha value is -0.370. The van der Waals surface area contributed by atoms with Crippen LogP contribution >= 0.6 is 59.1 Å². The lowest BCUT2D eigenvalue weighted by Gasteiger charge is -2.10. The first kappa shape index (κ1) is 15.0. The summed E-state index contributed by atoms with van der Waals surface area (Å²) in [6.07, 6.45) is 0. The summed E-state index contributed by atoms with van der Waals surface area (Å²) in [5.41, 5.74) is 6.75. The third-order valence-corrected chi connectivity index (χ3v) is 5.03. The third kappa shape index (κ3) is 3.81. The molecule has 0 atom stereocenters. The Balaban J connectivity index is 2.12. The lowest BCUT2D eigenvalue weighted by Crippen LogP contribution is -2.09. The predicted molar refractivity (Wildman–Crippen MR) is 89.7 cm³/mol. The predicted octanol–water partition coefficient (Wildman–Crippen LogP) is 4.75. The summed E-state index contributed by atoms with van der Waals surface area (Å²) in [5, 5.41) is 5.09. The number of primary amides is 1. The van der Waals surface area contributed by atoms with E-state index < -0.39 is 5.91 Å². The Bertz CT molecular complexity index is 604. The van der Waals surface area contributed by atoms with E-state index in [1.807, 2.05) is 12.1 Å². The standard InChI is InChI=1S/C12H9Br3N2OS/c13-7-2-9(14)11(10(15)3-7)17-4-8-1-6(5-19-8)12(16)18/h1-3,5,17H,4H2,(H2,16,18). The number of rotatable bonds is 4. The SMILES string of the molecule is NC(=O)c1csc(CNc2c(Br)cc(Br)cc2Br)c1. The summed E-state index contributed by atoms with van der Waals surface area (Å²) in [5.74, 6) is -0.395. The number of thiophene rings is 1. The largest absolute Gasteiger partial charge is 0.378 e. The van der Waals surface area contributed by atoms with Crippen molar-refractivity contribution >= 4 is 70.7 Å². The van der Waals surface area contributed by atoms with Crippen LogP contribution in [0.5, 0.6) is 0 Å². The van der Waals surface area contributed by atoms with Gasteiger partial charge in [-0.15, -0.1) is 11.3 Å². The zero-order valence-electron chi connectivity index (χ0n) is 9.54. The fraction of sp³-hybridized carbons (Fsp3) is 0.0833. The van der Waals surface area contributed by atoms with Gasteiger partial charge in [0.2, 0.25) is 5.91 Å². The van der Waals surface area contributed by atoms with Crippen molar-refractivity contribution in [3.05, 3.63) is 47.4 Å². The van der Waals surface area contributed by atoms with Crippen molar-refractivity contribution in [2.45, 2.75) is 6.54 Å². The Morgan fingerprint density at radius 2 is 1.84 bits per heavy atom. The molecule has 0 unspecified atom stereocenters. The van der Waals surface area contributed by atoms with Crippen LogP contribution in [0.2, 0.25) is 0 Å². The summed E-state index contributed by atoms with van der Waals surface area (Å²) in [6.45, 7) is 0.636. The van der Waals surface area contributed by atoms with Crippen molar-refractivity contribution in [2.24, 2.45) is 5.73 Å². The summed E-state index contributed by atoms with van der Waals surface area (Å²) in [6, 6.07) is 5.74. The molecule has 0 aliphatic heterocycles.